The van der Waals surface area contributed by atoms with Crippen LogP contribution in [-0.4, -0.2) is 15.9 Å². The Bertz CT molecular complexity index is 523. The number of aromatic nitrogens is 2. The maximum atomic E-state index is 11.7. The van der Waals surface area contributed by atoms with Gasteiger partial charge in [-0.3, -0.25) is 4.79 Å². The number of aromatic amines is 1. The molecule has 2 aromatic rings. The molecule has 0 aliphatic heterocycles. The summed E-state index contributed by atoms with van der Waals surface area (Å²) in [6.07, 6.45) is 3.08. The highest BCUT2D eigenvalue weighted by Gasteiger charge is 2.10. The molecule has 0 atom stereocenters. The smallest absolute Gasteiger partial charge is 0.273 e. The molecule has 2 rings (SSSR count). The third kappa shape index (κ3) is 2.14. The molecule has 16 heavy (non-hydrogen) atoms. The molecule has 82 valence electrons. The van der Waals surface area contributed by atoms with Crippen LogP contribution in [0, 0.1) is 0 Å². The summed E-state index contributed by atoms with van der Waals surface area (Å²) in [4.78, 5) is 18.4. The fraction of sp³-hybridized carbons (Fsp3) is 0. The van der Waals surface area contributed by atoms with Gasteiger partial charge in [0.05, 0.1) is 5.02 Å². The van der Waals surface area contributed by atoms with E-state index in [1.807, 2.05) is 0 Å². The first-order valence-corrected chi connectivity index (χ1v) is 4.90. The lowest BCUT2D eigenvalue weighted by molar-refractivity contribution is 0.102. The molecule has 0 aliphatic carbocycles. The van der Waals surface area contributed by atoms with E-state index >= 15 is 0 Å². The van der Waals surface area contributed by atoms with Crippen molar-refractivity contribution in [2.45, 2.75) is 0 Å². The molecule has 0 fully saturated rings. The first kappa shape index (κ1) is 10.5. The Labute approximate surface area is 96.6 Å². The Morgan fingerprint density at radius 2 is 2.38 bits per heavy atom. The van der Waals surface area contributed by atoms with Crippen molar-refractivity contribution in [3.8, 4) is 0 Å². The minimum atomic E-state index is -0.336. The number of nitrogens with one attached hydrogen (secondary N) is 2. The number of hydrogen-bond acceptors (Lipinski definition) is 3. The zero-order valence-corrected chi connectivity index (χ0v) is 8.95. The number of amides is 1. The van der Waals surface area contributed by atoms with E-state index in [-0.39, 0.29) is 5.91 Å². The lowest BCUT2D eigenvalue weighted by Gasteiger charge is -2.03. The van der Waals surface area contributed by atoms with Crippen LogP contribution in [-0.2, 0) is 0 Å². The lowest BCUT2D eigenvalue weighted by Crippen LogP contribution is -2.13. The first-order valence-electron chi connectivity index (χ1n) is 4.52. The summed E-state index contributed by atoms with van der Waals surface area (Å²) in [6.45, 7) is 0. The summed E-state index contributed by atoms with van der Waals surface area (Å²) in [5.74, 6) is -0.0142. The minimum Gasteiger partial charge on any atom is -0.397 e. The Balaban J connectivity index is 2.17. The van der Waals surface area contributed by atoms with Crippen molar-refractivity contribution in [2.75, 3.05) is 11.1 Å². The number of hydrogen-bond donors (Lipinski definition) is 3. The predicted molar refractivity (Wildman–Crippen MR) is 62.4 cm³/mol. The second-order valence-electron chi connectivity index (χ2n) is 3.13. The van der Waals surface area contributed by atoms with Gasteiger partial charge in [-0.15, -0.1) is 0 Å². The SMILES string of the molecule is Nc1c[nH]c(C(=O)Nc2ncccc2Cl)c1. The largest absolute Gasteiger partial charge is 0.397 e. The third-order valence-electron chi connectivity index (χ3n) is 1.94. The highest BCUT2D eigenvalue weighted by molar-refractivity contribution is 6.33. The topological polar surface area (TPSA) is 83.8 Å². The number of nitrogens with two attached hydrogens (primary N) is 1. The number of pyridine rings is 1. The molecule has 0 saturated heterocycles. The van der Waals surface area contributed by atoms with Crippen molar-refractivity contribution in [3.63, 3.8) is 0 Å². The molecular formula is C10H9ClN4O. The molecule has 2 heterocycles. The van der Waals surface area contributed by atoms with Crippen LogP contribution in [0.1, 0.15) is 10.5 Å². The number of nitrogen functional groups attached to an aromatic ring is 1. The number of rotatable bonds is 2. The standard InChI is InChI=1S/C10H9ClN4O/c11-7-2-1-3-13-9(7)15-10(16)8-4-6(12)5-14-8/h1-5,14H,12H2,(H,13,15,16). The number of halogens is 1. The molecule has 4 N–H and O–H groups in total. The van der Waals surface area contributed by atoms with Gasteiger partial charge in [-0.1, -0.05) is 11.6 Å². The second-order valence-corrected chi connectivity index (χ2v) is 3.54. The average Bonchev–Trinajstić information content (AvgIpc) is 2.68. The quantitative estimate of drug-likeness (QED) is 0.745. The van der Waals surface area contributed by atoms with Gasteiger partial charge in [-0.05, 0) is 18.2 Å². The van der Waals surface area contributed by atoms with Gasteiger partial charge >= 0.3 is 0 Å². The highest BCUT2D eigenvalue weighted by Crippen LogP contribution is 2.18. The molecule has 0 spiro atoms. The monoisotopic (exact) mass is 236 g/mol. The molecule has 0 unspecified atom stereocenters. The molecule has 0 radical (unpaired) electrons. The van der Waals surface area contributed by atoms with Crippen molar-refractivity contribution in [3.05, 3.63) is 41.3 Å². The van der Waals surface area contributed by atoms with Crippen LogP contribution < -0.4 is 11.1 Å². The van der Waals surface area contributed by atoms with Crippen molar-refractivity contribution >= 4 is 29.0 Å². The molecule has 0 aromatic carbocycles. The summed E-state index contributed by atoms with van der Waals surface area (Å²) in [5.41, 5.74) is 6.34. The van der Waals surface area contributed by atoms with Crippen LogP contribution in [0.3, 0.4) is 0 Å². The van der Waals surface area contributed by atoms with Crippen molar-refractivity contribution < 1.29 is 4.79 Å². The average molecular weight is 237 g/mol. The van der Waals surface area contributed by atoms with E-state index in [9.17, 15) is 4.79 Å². The highest BCUT2D eigenvalue weighted by atomic mass is 35.5. The fourth-order valence-corrected chi connectivity index (χ4v) is 1.36. The summed E-state index contributed by atoms with van der Waals surface area (Å²) in [5, 5.41) is 2.96. The Hall–Kier alpha value is -2.01. The number of H-pyrrole nitrogens is 1. The van der Waals surface area contributed by atoms with E-state index in [2.05, 4.69) is 15.3 Å². The van der Waals surface area contributed by atoms with Gasteiger partial charge in [-0.25, -0.2) is 4.98 Å². The van der Waals surface area contributed by atoms with Gasteiger partial charge in [0.15, 0.2) is 5.82 Å². The normalized spacial score (nSPS) is 10.1. The minimum absolute atomic E-state index is 0.322. The number of carbonyl (C=O) groups is 1. The van der Waals surface area contributed by atoms with Crippen LogP contribution in [0.25, 0.3) is 0 Å². The molecule has 5 nitrogen and oxygen atoms in total. The maximum Gasteiger partial charge on any atom is 0.273 e. The Morgan fingerprint density at radius 3 is 3.00 bits per heavy atom. The van der Waals surface area contributed by atoms with Crippen LogP contribution >= 0.6 is 11.6 Å². The first-order chi connectivity index (χ1) is 7.66. The van der Waals surface area contributed by atoms with Gasteiger partial charge in [0.2, 0.25) is 0 Å². The second kappa shape index (κ2) is 4.24. The maximum absolute atomic E-state index is 11.7. The van der Waals surface area contributed by atoms with Crippen LogP contribution in [0.5, 0.6) is 0 Å². The van der Waals surface area contributed by atoms with Crippen LogP contribution in [0.15, 0.2) is 30.6 Å². The van der Waals surface area contributed by atoms with E-state index in [0.717, 1.165) is 0 Å². The van der Waals surface area contributed by atoms with E-state index in [4.69, 9.17) is 17.3 Å². The zero-order chi connectivity index (χ0) is 11.5. The van der Waals surface area contributed by atoms with Gasteiger partial charge in [0.25, 0.3) is 5.91 Å². The molecule has 0 aliphatic rings. The van der Waals surface area contributed by atoms with Crippen LogP contribution in [0.2, 0.25) is 5.02 Å². The van der Waals surface area contributed by atoms with E-state index in [1.165, 1.54) is 12.3 Å². The summed E-state index contributed by atoms with van der Waals surface area (Å²) in [6, 6.07) is 4.87. The van der Waals surface area contributed by atoms with E-state index < -0.39 is 0 Å². The van der Waals surface area contributed by atoms with E-state index in [1.54, 1.807) is 18.3 Å². The molecule has 1 amide bonds. The summed E-state index contributed by atoms with van der Waals surface area (Å²) < 4.78 is 0. The van der Waals surface area contributed by atoms with Gasteiger partial charge in [-0.2, -0.15) is 0 Å². The molecule has 0 bridgehead atoms. The van der Waals surface area contributed by atoms with Gasteiger partial charge in [0, 0.05) is 18.1 Å². The number of anilines is 2. The van der Waals surface area contributed by atoms with Crippen molar-refractivity contribution in [2.24, 2.45) is 0 Å². The van der Waals surface area contributed by atoms with Gasteiger partial charge < -0.3 is 16.0 Å². The van der Waals surface area contributed by atoms with Crippen LogP contribution in [0.4, 0.5) is 11.5 Å². The zero-order valence-electron chi connectivity index (χ0n) is 8.20. The number of nitrogens with zero attached hydrogens (tertiary/aromatic N) is 1. The summed E-state index contributed by atoms with van der Waals surface area (Å²) >= 11 is 5.85. The molecule has 6 heteroatoms. The molecule has 2 aromatic heterocycles. The predicted octanol–water partition coefficient (Wildman–Crippen LogP) is 1.90. The molecule has 0 saturated carbocycles. The van der Waals surface area contributed by atoms with Gasteiger partial charge in [0.1, 0.15) is 5.69 Å². The Morgan fingerprint density at radius 1 is 1.56 bits per heavy atom. The lowest BCUT2D eigenvalue weighted by atomic mass is 10.4. The fourth-order valence-electron chi connectivity index (χ4n) is 1.19. The Kier molecular flexibility index (Phi) is 2.78. The molecular weight excluding hydrogens is 228 g/mol. The van der Waals surface area contributed by atoms with Crippen molar-refractivity contribution in [1.29, 1.82) is 0 Å². The number of carbonyl (C=O) groups excluding carboxylic acids is 1. The van der Waals surface area contributed by atoms with E-state index in [0.29, 0.717) is 22.2 Å². The third-order valence-corrected chi connectivity index (χ3v) is 2.25. The van der Waals surface area contributed by atoms with Crippen molar-refractivity contribution in [1.82, 2.24) is 9.97 Å². The summed E-state index contributed by atoms with van der Waals surface area (Å²) in [7, 11) is 0.